The number of hydrogen-bond acceptors (Lipinski definition) is 5. The van der Waals surface area contributed by atoms with Gasteiger partial charge in [-0.15, -0.1) is 10.2 Å². The average molecular weight is 333 g/mol. The SMILES string of the molecule is CCS(=O)(=O)NC1CCN(C(=O)c2ccc(Cl)nn2)CC1. The highest BCUT2D eigenvalue weighted by Crippen LogP contribution is 2.14. The topological polar surface area (TPSA) is 92.3 Å². The number of nitrogens with one attached hydrogen (secondary N) is 1. The summed E-state index contributed by atoms with van der Waals surface area (Å²) in [5.41, 5.74) is 0.243. The van der Waals surface area contributed by atoms with E-state index >= 15 is 0 Å². The van der Waals surface area contributed by atoms with E-state index in [1.54, 1.807) is 11.8 Å². The Morgan fingerprint density at radius 1 is 1.38 bits per heavy atom. The molecular formula is C12H17ClN4O3S. The first-order valence-electron chi connectivity index (χ1n) is 6.70. The normalized spacial score (nSPS) is 17.0. The standard InChI is InChI=1S/C12H17ClN4O3S/c1-2-21(19,20)16-9-5-7-17(8-6-9)12(18)10-3-4-11(13)15-14-10/h3-4,9,16H,2,5-8H2,1H3. The molecule has 116 valence electrons. The molecule has 1 aliphatic rings. The second kappa shape index (κ2) is 6.67. The second-order valence-corrected chi connectivity index (χ2v) is 7.26. The van der Waals surface area contributed by atoms with Crippen LogP contribution in [0.2, 0.25) is 5.15 Å². The number of sulfonamides is 1. The zero-order valence-electron chi connectivity index (χ0n) is 11.6. The molecule has 21 heavy (non-hydrogen) atoms. The van der Waals surface area contributed by atoms with Crippen LogP contribution in [0.15, 0.2) is 12.1 Å². The van der Waals surface area contributed by atoms with Crippen molar-refractivity contribution in [3.05, 3.63) is 23.0 Å². The number of hydrogen-bond donors (Lipinski definition) is 1. The van der Waals surface area contributed by atoms with Crippen molar-refractivity contribution in [2.45, 2.75) is 25.8 Å². The van der Waals surface area contributed by atoms with Gasteiger partial charge in [0.25, 0.3) is 5.91 Å². The van der Waals surface area contributed by atoms with Gasteiger partial charge in [-0.05, 0) is 31.9 Å². The van der Waals surface area contributed by atoms with Crippen LogP contribution in [0.25, 0.3) is 0 Å². The van der Waals surface area contributed by atoms with Gasteiger partial charge in [0.05, 0.1) is 5.75 Å². The van der Waals surface area contributed by atoms with Crippen molar-refractivity contribution in [2.75, 3.05) is 18.8 Å². The molecule has 0 unspecified atom stereocenters. The third kappa shape index (κ3) is 4.36. The summed E-state index contributed by atoms with van der Waals surface area (Å²) in [4.78, 5) is 13.8. The number of carbonyl (C=O) groups is 1. The van der Waals surface area contributed by atoms with E-state index in [4.69, 9.17) is 11.6 Å². The highest BCUT2D eigenvalue weighted by Gasteiger charge is 2.26. The van der Waals surface area contributed by atoms with Crippen molar-refractivity contribution in [1.29, 1.82) is 0 Å². The van der Waals surface area contributed by atoms with Crippen LogP contribution in [0.3, 0.4) is 0 Å². The number of piperidine rings is 1. The van der Waals surface area contributed by atoms with Crippen LogP contribution in [0.4, 0.5) is 0 Å². The van der Waals surface area contributed by atoms with Gasteiger partial charge in [0.15, 0.2) is 10.8 Å². The van der Waals surface area contributed by atoms with Crippen molar-refractivity contribution in [1.82, 2.24) is 19.8 Å². The molecule has 1 fully saturated rings. The van der Waals surface area contributed by atoms with E-state index in [-0.39, 0.29) is 28.5 Å². The Labute approximate surface area is 128 Å². The fourth-order valence-corrected chi connectivity index (χ4v) is 3.14. The Morgan fingerprint density at radius 3 is 2.57 bits per heavy atom. The largest absolute Gasteiger partial charge is 0.337 e. The maximum atomic E-state index is 12.2. The third-order valence-electron chi connectivity index (χ3n) is 3.36. The lowest BCUT2D eigenvalue weighted by Gasteiger charge is -2.31. The van der Waals surface area contributed by atoms with Gasteiger partial charge in [0.2, 0.25) is 10.0 Å². The van der Waals surface area contributed by atoms with Gasteiger partial charge in [0, 0.05) is 19.1 Å². The van der Waals surface area contributed by atoms with E-state index in [2.05, 4.69) is 14.9 Å². The molecule has 0 spiro atoms. The minimum atomic E-state index is -3.20. The fourth-order valence-electron chi connectivity index (χ4n) is 2.13. The van der Waals surface area contributed by atoms with E-state index in [0.29, 0.717) is 25.9 Å². The Bertz CT molecular complexity index is 597. The number of aromatic nitrogens is 2. The number of nitrogens with zero attached hydrogens (tertiary/aromatic N) is 3. The number of carbonyl (C=O) groups excluding carboxylic acids is 1. The zero-order valence-corrected chi connectivity index (χ0v) is 13.2. The van der Waals surface area contributed by atoms with Crippen molar-refractivity contribution >= 4 is 27.5 Å². The molecule has 2 heterocycles. The van der Waals surface area contributed by atoms with E-state index < -0.39 is 10.0 Å². The summed E-state index contributed by atoms with van der Waals surface area (Å²) < 4.78 is 25.7. The summed E-state index contributed by atoms with van der Waals surface area (Å²) >= 11 is 5.63. The number of halogens is 1. The molecule has 0 bridgehead atoms. The van der Waals surface area contributed by atoms with Gasteiger partial charge in [-0.1, -0.05) is 11.6 Å². The Kier molecular flexibility index (Phi) is 5.13. The molecule has 0 aliphatic carbocycles. The van der Waals surface area contributed by atoms with Gasteiger partial charge >= 0.3 is 0 Å². The summed E-state index contributed by atoms with van der Waals surface area (Å²) in [6.45, 7) is 2.57. The fraction of sp³-hybridized carbons (Fsp3) is 0.583. The van der Waals surface area contributed by atoms with Gasteiger partial charge < -0.3 is 4.90 Å². The van der Waals surface area contributed by atoms with Crippen molar-refractivity contribution in [2.24, 2.45) is 0 Å². The van der Waals surface area contributed by atoms with Crippen LogP contribution in [0.1, 0.15) is 30.3 Å². The van der Waals surface area contributed by atoms with Crippen LogP contribution in [0, 0.1) is 0 Å². The zero-order chi connectivity index (χ0) is 15.5. The van der Waals surface area contributed by atoms with E-state index in [0.717, 1.165) is 0 Å². The lowest BCUT2D eigenvalue weighted by atomic mass is 10.1. The molecule has 9 heteroatoms. The molecule has 0 atom stereocenters. The third-order valence-corrected chi connectivity index (χ3v) is 5.01. The first-order chi connectivity index (χ1) is 9.91. The minimum absolute atomic E-state index is 0.0620. The molecule has 1 aliphatic heterocycles. The molecule has 1 aromatic rings. The van der Waals surface area contributed by atoms with Crippen LogP contribution >= 0.6 is 11.6 Å². The molecule has 0 radical (unpaired) electrons. The predicted octanol–water partition coefficient (Wildman–Crippen LogP) is 0.674. The maximum absolute atomic E-state index is 12.2. The minimum Gasteiger partial charge on any atom is -0.337 e. The van der Waals surface area contributed by atoms with Crippen molar-refractivity contribution < 1.29 is 13.2 Å². The number of likely N-dealkylation sites (tertiary alicyclic amines) is 1. The van der Waals surface area contributed by atoms with Crippen LogP contribution in [-0.2, 0) is 10.0 Å². The smallest absolute Gasteiger partial charge is 0.274 e. The van der Waals surface area contributed by atoms with Crippen LogP contribution in [0.5, 0.6) is 0 Å². The maximum Gasteiger partial charge on any atom is 0.274 e. The molecule has 1 N–H and O–H groups in total. The Balaban J connectivity index is 1.92. The molecule has 1 saturated heterocycles. The monoisotopic (exact) mass is 332 g/mol. The van der Waals surface area contributed by atoms with E-state index in [1.807, 2.05) is 0 Å². The first-order valence-corrected chi connectivity index (χ1v) is 8.73. The van der Waals surface area contributed by atoms with E-state index in [1.165, 1.54) is 12.1 Å². The number of rotatable bonds is 4. The predicted molar refractivity (Wildman–Crippen MR) is 78.6 cm³/mol. The average Bonchev–Trinajstić information content (AvgIpc) is 2.48. The summed E-state index contributed by atoms with van der Waals surface area (Å²) in [6, 6.07) is 2.93. The van der Waals surface area contributed by atoms with Crippen LogP contribution < -0.4 is 4.72 Å². The molecule has 1 amide bonds. The summed E-state index contributed by atoms with van der Waals surface area (Å²) in [7, 11) is -3.20. The highest BCUT2D eigenvalue weighted by atomic mass is 35.5. The summed E-state index contributed by atoms with van der Waals surface area (Å²) in [6.07, 6.45) is 1.18. The van der Waals surface area contributed by atoms with Gasteiger partial charge in [-0.25, -0.2) is 13.1 Å². The molecule has 0 aromatic carbocycles. The van der Waals surface area contributed by atoms with Gasteiger partial charge in [-0.3, -0.25) is 4.79 Å². The lowest BCUT2D eigenvalue weighted by molar-refractivity contribution is 0.0704. The van der Waals surface area contributed by atoms with Crippen LogP contribution in [-0.4, -0.2) is 54.3 Å². The first kappa shape index (κ1) is 16.1. The summed E-state index contributed by atoms with van der Waals surface area (Å²) in [5.74, 6) is -0.150. The van der Waals surface area contributed by atoms with Gasteiger partial charge in [0.1, 0.15) is 0 Å². The molecule has 2 rings (SSSR count). The molecule has 0 saturated carbocycles. The second-order valence-electron chi connectivity index (χ2n) is 4.83. The quantitative estimate of drug-likeness (QED) is 0.875. The lowest BCUT2D eigenvalue weighted by Crippen LogP contribution is -2.47. The molecular weight excluding hydrogens is 316 g/mol. The Hall–Kier alpha value is -1.25. The van der Waals surface area contributed by atoms with Crippen molar-refractivity contribution in [3.8, 4) is 0 Å². The number of amides is 1. The van der Waals surface area contributed by atoms with Gasteiger partial charge in [-0.2, -0.15) is 0 Å². The molecule has 7 nitrogen and oxygen atoms in total. The highest BCUT2D eigenvalue weighted by molar-refractivity contribution is 7.89. The van der Waals surface area contributed by atoms with E-state index in [9.17, 15) is 13.2 Å². The molecule has 1 aromatic heterocycles. The Morgan fingerprint density at radius 2 is 2.05 bits per heavy atom. The van der Waals surface area contributed by atoms with Crippen molar-refractivity contribution in [3.63, 3.8) is 0 Å². The summed E-state index contributed by atoms with van der Waals surface area (Å²) in [5, 5.41) is 7.64.